The Balaban J connectivity index is 1.55. The molecule has 0 saturated carbocycles. The Bertz CT molecular complexity index is 1600. The van der Waals surface area contributed by atoms with Crippen LogP contribution in [0.5, 0.6) is 0 Å². The molecule has 0 fully saturated rings. The van der Waals surface area contributed by atoms with Crippen LogP contribution in [0.4, 0.5) is 0 Å². The minimum atomic E-state index is 0.537. The van der Waals surface area contributed by atoms with E-state index in [2.05, 4.69) is 119 Å². The zero-order valence-electron chi connectivity index (χ0n) is 17.6. The summed E-state index contributed by atoms with van der Waals surface area (Å²) in [6.45, 7) is 1.83. The first-order valence-electron chi connectivity index (χ1n) is 10.9. The van der Waals surface area contributed by atoms with Crippen molar-refractivity contribution in [1.82, 2.24) is 14.2 Å². The van der Waals surface area contributed by atoms with Crippen LogP contribution >= 0.6 is 31.9 Å². The van der Waals surface area contributed by atoms with Gasteiger partial charge in [0.15, 0.2) is 0 Å². The van der Waals surface area contributed by atoms with Gasteiger partial charge in [0, 0.05) is 30.5 Å². The van der Waals surface area contributed by atoms with Gasteiger partial charge < -0.3 is 9.13 Å². The van der Waals surface area contributed by atoms with E-state index >= 15 is 0 Å². The van der Waals surface area contributed by atoms with Crippen molar-refractivity contribution in [2.75, 3.05) is 0 Å². The van der Waals surface area contributed by atoms with Gasteiger partial charge in [-0.1, -0.05) is 66.7 Å². The summed E-state index contributed by atoms with van der Waals surface area (Å²) in [5.41, 5.74) is 6.06. The molecule has 0 aliphatic carbocycles. The van der Waals surface area contributed by atoms with Crippen LogP contribution in [0.1, 0.15) is 5.56 Å². The van der Waals surface area contributed by atoms with Gasteiger partial charge >= 0.3 is 0 Å². The molecule has 1 aliphatic heterocycles. The number of para-hydroxylation sites is 2. The minimum Gasteiger partial charge on any atom is -0.323 e. The molecule has 7 rings (SSSR count). The minimum absolute atomic E-state index is 0.537. The molecule has 0 amide bonds. The molecule has 0 atom stereocenters. The molecule has 0 saturated heterocycles. The smallest absolute Gasteiger partial charge is 0.102 e. The van der Waals surface area contributed by atoms with Gasteiger partial charge in [-0.25, -0.2) is 0 Å². The molecule has 1 aliphatic rings. The highest BCUT2D eigenvalue weighted by Crippen LogP contribution is 2.48. The lowest BCUT2D eigenvalue weighted by Crippen LogP contribution is -2.27. The summed E-state index contributed by atoms with van der Waals surface area (Å²) in [4.78, 5) is 6.41. The predicted octanol–water partition coefficient (Wildman–Crippen LogP) is 7.79. The number of hydroxylamine groups is 2. The lowest BCUT2D eigenvalue weighted by molar-refractivity contribution is -0.205. The third-order valence-electron chi connectivity index (χ3n) is 6.65. The molecular formula is C27H19Br2N3O. The molecule has 0 spiro atoms. The zero-order valence-corrected chi connectivity index (χ0v) is 20.8. The Morgan fingerprint density at radius 3 is 1.67 bits per heavy atom. The third kappa shape index (κ3) is 2.81. The average molecular weight is 561 g/mol. The van der Waals surface area contributed by atoms with Crippen molar-refractivity contribution in [3.05, 3.63) is 93.4 Å². The van der Waals surface area contributed by atoms with Gasteiger partial charge in [-0.15, -0.1) is 5.06 Å². The second-order valence-electron chi connectivity index (χ2n) is 8.49. The fourth-order valence-corrected chi connectivity index (χ4v) is 6.44. The number of benzene rings is 4. The summed E-state index contributed by atoms with van der Waals surface area (Å²) in [6, 6.07) is 27.6. The van der Waals surface area contributed by atoms with Crippen molar-refractivity contribution < 1.29 is 4.84 Å². The zero-order chi connectivity index (χ0) is 22.1. The lowest BCUT2D eigenvalue weighted by Gasteiger charge is -2.22. The van der Waals surface area contributed by atoms with Crippen molar-refractivity contribution in [3.8, 4) is 0 Å². The first kappa shape index (κ1) is 19.8. The predicted molar refractivity (Wildman–Crippen MR) is 141 cm³/mol. The monoisotopic (exact) mass is 559 g/mol. The van der Waals surface area contributed by atoms with Crippen LogP contribution in [0, 0.1) is 0 Å². The maximum Gasteiger partial charge on any atom is 0.102 e. The maximum atomic E-state index is 6.41. The Hall–Kier alpha value is -2.64. The highest BCUT2D eigenvalue weighted by Gasteiger charge is 2.28. The van der Waals surface area contributed by atoms with Crippen LogP contribution in [-0.4, -0.2) is 14.2 Å². The summed E-state index contributed by atoms with van der Waals surface area (Å²) >= 11 is 7.89. The van der Waals surface area contributed by atoms with E-state index in [4.69, 9.17) is 4.84 Å². The fraction of sp³-hybridized carbons (Fsp3) is 0.111. The first-order chi connectivity index (χ1) is 16.2. The number of fused-ring (bicyclic) bond motifs is 6. The van der Waals surface area contributed by atoms with E-state index in [-0.39, 0.29) is 0 Å². The highest BCUT2D eigenvalue weighted by atomic mass is 79.9. The van der Waals surface area contributed by atoms with Crippen molar-refractivity contribution in [2.24, 2.45) is 0 Å². The standard InChI is InChI=1S/C27H19Br2N3O/c28-24-22-18-10-4-6-12-20(18)31-15-30(33-14-17-8-2-1-3-9-17)16-32-21-13-7-5-11-19(21)23(25(24)29)27(32)26(22)31/h1-13H,14-16H2. The van der Waals surface area contributed by atoms with Crippen LogP contribution in [0.15, 0.2) is 87.8 Å². The first-order valence-corrected chi connectivity index (χ1v) is 12.5. The van der Waals surface area contributed by atoms with Gasteiger partial charge in [0.05, 0.1) is 28.7 Å². The molecule has 0 unspecified atom stereocenters. The fourth-order valence-electron chi connectivity index (χ4n) is 5.24. The van der Waals surface area contributed by atoms with Crippen molar-refractivity contribution in [3.63, 3.8) is 0 Å². The normalized spacial score (nSPS) is 14.2. The van der Waals surface area contributed by atoms with Gasteiger partial charge in [0.2, 0.25) is 0 Å². The molecular weight excluding hydrogens is 542 g/mol. The topological polar surface area (TPSA) is 22.3 Å². The van der Waals surface area contributed by atoms with Crippen molar-refractivity contribution in [2.45, 2.75) is 19.9 Å². The molecule has 0 N–H and O–H groups in total. The summed E-state index contributed by atoms with van der Waals surface area (Å²) < 4.78 is 7.00. The van der Waals surface area contributed by atoms with Crippen LogP contribution in [0.2, 0.25) is 0 Å². The summed E-state index contributed by atoms with van der Waals surface area (Å²) in [5, 5.41) is 7.03. The number of hydrogen-bond acceptors (Lipinski definition) is 2. The largest absolute Gasteiger partial charge is 0.323 e. The van der Waals surface area contributed by atoms with Gasteiger partial charge in [-0.3, -0.25) is 4.84 Å². The van der Waals surface area contributed by atoms with E-state index in [0.29, 0.717) is 19.9 Å². The van der Waals surface area contributed by atoms with E-state index in [0.717, 1.165) is 14.5 Å². The third-order valence-corrected chi connectivity index (χ3v) is 8.77. The van der Waals surface area contributed by atoms with Crippen LogP contribution in [0.3, 0.4) is 0 Å². The summed E-state index contributed by atoms with van der Waals surface area (Å²) in [5.74, 6) is 0. The number of nitrogens with zero attached hydrogens (tertiary/aromatic N) is 3. The van der Waals surface area contributed by atoms with Crippen LogP contribution in [0.25, 0.3) is 43.6 Å². The highest BCUT2D eigenvalue weighted by molar-refractivity contribution is 9.13. The Kier molecular flexibility index (Phi) is 4.46. The Morgan fingerprint density at radius 1 is 0.636 bits per heavy atom. The van der Waals surface area contributed by atoms with Crippen LogP contribution < -0.4 is 0 Å². The van der Waals surface area contributed by atoms with E-state index in [1.54, 1.807) is 0 Å². The summed E-state index contributed by atoms with van der Waals surface area (Å²) in [7, 11) is 0. The number of aromatic nitrogens is 2. The second-order valence-corrected chi connectivity index (χ2v) is 10.1. The van der Waals surface area contributed by atoms with Crippen LogP contribution in [-0.2, 0) is 24.8 Å². The van der Waals surface area contributed by atoms with E-state index in [9.17, 15) is 0 Å². The molecule has 162 valence electrons. The van der Waals surface area contributed by atoms with Gasteiger partial charge in [-0.2, -0.15) is 0 Å². The maximum absolute atomic E-state index is 6.41. The van der Waals surface area contributed by atoms with Gasteiger partial charge in [0.1, 0.15) is 13.3 Å². The molecule has 6 heteroatoms. The van der Waals surface area contributed by atoms with E-state index < -0.39 is 0 Å². The second kappa shape index (κ2) is 7.43. The molecule has 0 bridgehead atoms. The summed E-state index contributed by atoms with van der Waals surface area (Å²) in [6.07, 6.45) is 0. The average Bonchev–Trinajstić information content (AvgIpc) is 3.29. The van der Waals surface area contributed by atoms with E-state index in [1.807, 2.05) is 6.07 Å². The molecule has 0 radical (unpaired) electrons. The molecule has 3 heterocycles. The SMILES string of the molecule is Brc1c(Br)c2c3ccccc3n3c2c2c1c1ccccc1n2CN(OCc1ccccc1)C3. The van der Waals surface area contributed by atoms with Crippen molar-refractivity contribution >= 4 is 75.5 Å². The number of rotatable bonds is 3. The number of hydrogen-bond donors (Lipinski definition) is 0. The van der Waals surface area contributed by atoms with Gasteiger partial charge in [-0.05, 0) is 49.6 Å². The molecule has 2 aromatic heterocycles. The lowest BCUT2D eigenvalue weighted by atomic mass is 10.1. The molecule has 33 heavy (non-hydrogen) atoms. The number of halogens is 2. The molecule has 4 aromatic carbocycles. The quantitative estimate of drug-likeness (QED) is 0.220. The van der Waals surface area contributed by atoms with Gasteiger partial charge in [0.25, 0.3) is 0 Å². The Labute approximate surface area is 207 Å². The molecule has 6 aromatic rings. The van der Waals surface area contributed by atoms with E-state index in [1.165, 1.54) is 43.6 Å². The Morgan fingerprint density at radius 2 is 1.12 bits per heavy atom. The van der Waals surface area contributed by atoms with Crippen molar-refractivity contribution in [1.29, 1.82) is 0 Å². The molecule has 4 nitrogen and oxygen atoms in total.